The summed E-state index contributed by atoms with van der Waals surface area (Å²) in [6, 6.07) is 12.4. The van der Waals surface area contributed by atoms with Crippen molar-refractivity contribution in [2.45, 2.75) is 0 Å². The zero-order chi connectivity index (χ0) is 19.3. The quantitative estimate of drug-likeness (QED) is 0.723. The minimum absolute atomic E-state index is 0.129. The molecule has 0 aromatic heterocycles. The van der Waals surface area contributed by atoms with E-state index in [1.807, 2.05) is 0 Å². The van der Waals surface area contributed by atoms with Gasteiger partial charge in [0.05, 0.1) is 18.5 Å². The van der Waals surface area contributed by atoms with Crippen LogP contribution in [0.25, 0.3) is 0 Å². The van der Waals surface area contributed by atoms with Gasteiger partial charge in [-0.25, -0.2) is 8.42 Å². The first-order valence-electron chi connectivity index (χ1n) is 7.62. The van der Waals surface area contributed by atoms with Crippen LogP contribution in [0.2, 0.25) is 0 Å². The van der Waals surface area contributed by atoms with E-state index in [-0.39, 0.29) is 12.1 Å². The van der Waals surface area contributed by atoms with Crippen LogP contribution in [-0.4, -0.2) is 33.0 Å². The van der Waals surface area contributed by atoms with Crippen LogP contribution in [0, 0.1) is 0 Å². The second kappa shape index (κ2) is 7.83. The Hall–Kier alpha value is -3.13. The first-order valence-corrected chi connectivity index (χ1v) is 9.47. The smallest absolute Gasteiger partial charge is 0.255 e. The van der Waals surface area contributed by atoms with Crippen molar-refractivity contribution in [3.8, 4) is 0 Å². The number of nitrogens with two attached hydrogens (primary N) is 1. The molecule has 0 atom stereocenters. The zero-order valence-electron chi connectivity index (χ0n) is 14.2. The predicted octanol–water partition coefficient (Wildman–Crippen LogP) is 1.99. The molecule has 0 bridgehead atoms. The second-order valence-electron chi connectivity index (χ2n) is 5.53. The van der Waals surface area contributed by atoms with Crippen molar-refractivity contribution in [2.75, 3.05) is 22.4 Å². The number of carbonyl (C=O) groups excluding carboxylic acids is 2. The van der Waals surface area contributed by atoms with Crippen molar-refractivity contribution in [3.63, 3.8) is 0 Å². The summed E-state index contributed by atoms with van der Waals surface area (Å²) < 4.78 is 24.8. The normalized spacial score (nSPS) is 10.8. The van der Waals surface area contributed by atoms with Crippen LogP contribution < -0.4 is 15.4 Å². The van der Waals surface area contributed by atoms with Crippen molar-refractivity contribution in [1.82, 2.24) is 0 Å². The number of hydrogen-bond donors (Lipinski definition) is 2. The SMILES string of the molecule is C=CCN(c1ccc(C(=O)Nc2cccc(C(N)=O)c2)cc1)S(C)(=O)=O. The molecule has 2 aromatic rings. The fraction of sp³-hybridized carbons (Fsp3) is 0.111. The van der Waals surface area contributed by atoms with Gasteiger partial charge in [0.1, 0.15) is 0 Å². The largest absolute Gasteiger partial charge is 0.366 e. The summed E-state index contributed by atoms with van der Waals surface area (Å²) in [5.41, 5.74) is 6.70. The average molecular weight is 373 g/mol. The van der Waals surface area contributed by atoms with Crippen LogP contribution in [-0.2, 0) is 10.0 Å². The Kier molecular flexibility index (Phi) is 5.78. The van der Waals surface area contributed by atoms with Crippen molar-refractivity contribution in [2.24, 2.45) is 5.73 Å². The molecule has 0 saturated carbocycles. The highest BCUT2D eigenvalue weighted by atomic mass is 32.2. The van der Waals surface area contributed by atoms with Crippen LogP contribution in [0.4, 0.5) is 11.4 Å². The van der Waals surface area contributed by atoms with Gasteiger partial charge in [0, 0.05) is 16.8 Å². The lowest BCUT2D eigenvalue weighted by atomic mass is 10.1. The average Bonchev–Trinajstić information content (AvgIpc) is 2.59. The summed E-state index contributed by atoms with van der Waals surface area (Å²) in [6.45, 7) is 3.68. The first-order chi connectivity index (χ1) is 12.2. The van der Waals surface area contributed by atoms with E-state index in [0.717, 1.165) is 6.26 Å². The topological polar surface area (TPSA) is 110 Å². The minimum atomic E-state index is -3.46. The number of amides is 2. The fourth-order valence-corrected chi connectivity index (χ4v) is 3.16. The summed E-state index contributed by atoms with van der Waals surface area (Å²) >= 11 is 0. The third kappa shape index (κ3) is 4.70. The van der Waals surface area contributed by atoms with Gasteiger partial charge in [-0.1, -0.05) is 12.1 Å². The van der Waals surface area contributed by atoms with Crippen LogP contribution in [0.5, 0.6) is 0 Å². The van der Waals surface area contributed by atoms with E-state index in [2.05, 4.69) is 11.9 Å². The Morgan fingerprint density at radius 2 is 1.81 bits per heavy atom. The molecule has 2 rings (SSSR count). The van der Waals surface area contributed by atoms with Crippen molar-refractivity contribution >= 4 is 33.2 Å². The molecular weight excluding hydrogens is 354 g/mol. The molecule has 0 heterocycles. The first kappa shape index (κ1) is 19.2. The number of carbonyl (C=O) groups is 2. The van der Waals surface area contributed by atoms with E-state index in [0.29, 0.717) is 16.9 Å². The van der Waals surface area contributed by atoms with E-state index in [1.165, 1.54) is 28.6 Å². The number of hydrogen-bond acceptors (Lipinski definition) is 4. The van der Waals surface area contributed by atoms with Crippen LogP contribution in [0.15, 0.2) is 61.2 Å². The molecule has 2 aromatic carbocycles. The molecule has 7 nitrogen and oxygen atoms in total. The number of anilines is 2. The van der Waals surface area contributed by atoms with Gasteiger partial charge in [0.15, 0.2) is 0 Å². The fourth-order valence-electron chi connectivity index (χ4n) is 2.28. The summed E-state index contributed by atoms with van der Waals surface area (Å²) in [5, 5.41) is 2.66. The van der Waals surface area contributed by atoms with E-state index >= 15 is 0 Å². The van der Waals surface area contributed by atoms with Gasteiger partial charge in [0.2, 0.25) is 15.9 Å². The summed E-state index contributed by atoms with van der Waals surface area (Å²) in [4.78, 5) is 23.5. The molecule has 0 aliphatic carbocycles. The number of rotatable bonds is 7. The molecule has 26 heavy (non-hydrogen) atoms. The summed E-state index contributed by atoms with van der Waals surface area (Å²) in [5.74, 6) is -0.985. The van der Waals surface area contributed by atoms with E-state index in [9.17, 15) is 18.0 Å². The monoisotopic (exact) mass is 373 g/mol. The molecule has 0 spiro atoms. The lowest BCUT2D eigenvalue weighted by Crippen LogP contribution is -2.29. The van der Waals surface area contributed by atoms with E-state index in [1.54, 1.807) is 30.3 Å². The lowest BCUT2D eigenvalue weighted by Gasteiger charge is -2.20. The highest BCUT2D eigenvalue weighted by Crippen LogP contribution is 2.19. The van der Waals surface area contributed by atoms with Crippen molar-refractivity contribution < 1.29 is 18.0 Å². The molecule has 3 N–H and O–H groups in total. The predicted molar refractivity (Wildman–Crippen MR) is 102 cm³/mol. The Balaban J connectivity index is 2.19. The highest BCUT2D eigenvalue weighted by Gasteiger charge is 2.16. The van der Waals surface area contributed by atoms with Gasteiger partial charge in [-0.2, -0.15) is 0 Å². The van der Waals surface area contributed by atoms with E-state index < -0.39 is 21.8 Å². The summed E-state index contributed by atoms with van der Waals surface area (Å²) in [6.07, 6.45) is 2.58. The lowest BCUT2D eigenvalue weighted by molar-refractivity contribution is 0.0996. The third-order valence-electron chi connectivity index (χ3n) is 3.52. The number of primary amides is 1. The molecule has 0 unspecified atom stereocenters. The van der Waals surface area contributed by atoms with Gasteiger partial charge in [-0.3, -0.25) is 13.9 Å². The Labute approximate surface area is 152 Å². The number of sulfonamides is 1. The van der Waals surface area contributed by atoms with Gasteiger partial charge in [-0.05, 0) is 42.5 Å². The van der Waals surface area contributed by atoms with Crippen molar-refractivity contribution in [1.29, 1.82) is 0 Å². The number of nitrogens with zero attached hydrogens (tertiary/aromatic N) is 1. The van der Waals surface area contributed by atoms with Gasteiger partial charge in [0.25, 0.3) is 5.91 Å². The third-order valence-corrected chi connectivity index (χ3v) is 4.68. The van der Waals surface area contributed by atoms with Crippen LogP contribution >= 0.6 is 0 Å². The Morgan fingerprint density at radius 3 is 2.35 bits per heavy atom. The maximum atomic E-state index is 12.3. The van der Waals surface area contributed by atoms with Crippen molar-refractivity contribution in [3.05, 3.63) is 72.3 Å². The zero-order valence-corrected chi connectivity index (χ0v) is 15.0. The van der Waals surface area contributed by atoms with Gasteiger partial charge < -0.3 is 11.1 Å². The maximum absolute atomic E-state index is 12.3. The maximum Gasteiger partial charge on any atom is 0.255 e. The summed E-state index contributed by atoms with van der Waals surface area (Å²) in [7, 11) is -3.46. The van der Waals surface area contributed by atoms with Gasteiger partial charge >= 0.3 is 0 Å². The minimum Gasteiger partial charge on any atom is -0.366 e. The second-order valence-corrected chi connectivity index (χ2v) is 7.44. The Morgan fingerprint density at radius 1 is 1.15 bits per heavy atom. The Bertz CT molecular complexity index is 937. The van der Waals surface area contributed by atoms with Gasteiger partial charge in [-0.15, -0.1) is 6.58 Å². The molecule has 8 heteroatoms. The molecule has 0 saturated heterocycles. The molecule has 0 aliphatic heterocycles. The van der Waals surface area contributed by atoms with Crippen LogP contribution in [0.3, 0.4) is 0 Å². The molecule has 0 fully saturated rings. The standard InChI is InChI=1S/C18H19N3O4S/c1-3-11-21(26(2,24)25)16-9-7-13(8-10-16)18(23)20-15-6-4-5-14(12-15)17(19)22/h3-10,12H,1,11H2,2H3,(H2,19,22)(H,20,23). The number of benzene rings is 2. The molecule has 136 valence electrons. The number of nitrogens with one attached hydrogen (secondary N) is 1. The van der Waals surface area contributed by atoms with Crippen LogP contribution in [0.1, 0.15) is 20.7 Å². The molecular formula is C18H19N3O4S. The molecule has 0 radical (unpaired) electrons. The van der Waals surface area contributed by atoms with E-state index in [4.69, 9.17) is 5.73 Å². The molecule has 0 aliphatic rings. The molecule has 2 amide bonds. The highest BCUT2D eigenvalue weighted by molar-refractivity contribution is 7.92.